The average molecular weight is 352 g/mol. The predicted molar refractivity (Wildman–Crippen MR) is 96.9 cm³/mol. The number of carbonyl (C=O) groups is 2. The molecular formula is C21H24N2O3. The molecule has 2 aromatic rings. The second-order valence-corrected chi connectivity index (χ2v) is 7.26. The van der Waals surface area contributed by atoms with E-state index in [1.54, 1.807) is 6.26 Å². The van der Waals surface area contributed by atoms with E-state index in [0.717, 1.165) is 37.0 Å². The number of nitrogens with one attached hydrogen (secondary N) is 1. The van der Waals surface area contributed by atoms with Crippen LogP contribution in [0.2, 0.25) is 0 Å². The van der Waals surface area contributed by atoms with Gasteiger partial charge in [-0.25, -0.2) is 0 Å². The van der Waals surface area contributed by atoms with Crippen LogP contribution in [0.25, 0.3) is 0 Å². The zero-order chi connectivity index (χ0) is 17.9. The molecule has 2 unspecified atom stereocenters. The third-order valence-corrected chi connectivity index (χ3v) is 5.36. The van der Waals surface area contributed by atoms with Crippen LogP contribution >= 0.6 is 0 Å². The van der Waals surface area contributed by atoms with Crippen molar-refractivity contribution in [1.82, 2.24) is 10.2 Å². The Morgan fingerprint density at radius 1 is 1.00 bits per heavy atom. The van der Waals surface area contributed by atoms with Crippen LogP contribution in [-0.4, -0.2) is 23.3 Å². The van der Waals surface area contributed by atoms with E-state index in [4.69, 9.17) is 4.42 Å². The van der Waals surface area contributed by atoms with Crippen LogP contribution in [0.5, 0.6) is 0 Å². The summed E-state index contributed by atoms with van der Waals surface area (Å²) >= 11 is 0. The quantitative estimate of drug-likeness (QED) is 0.898. The number of piperidine rings is 1. The van der Waals surface area contributed by atoms with Crippen molar-refractivity contribution in [3.8, 4) is 0 Å². The minimum Gasteiger partial charge on any atom is -0.467 e. The van der Waals surface area contributed by atoms with Gasteiger partial charge in [-0.1, -0.05) is 30.3 Å². The lowest BCUT2D eigenvalue weighted by Gasteiger charge is -2.39. The second kappa shape index (κ2) is 7.36. The van der Waals surface area contributed by atoms with Crippen LogP contribution in [0.1, 0.15) is 43.0 Å². The van der Waals surface area contributed by atoms with Gasteiger partial charge in [-0.2, -0.15) is 0 Å². The predicted octanol–water partition coefficient (Wildman–Crippen LogP) is 3.29. The van der Waals surface area contributed by atoms with Crippen molar-refractivity contribution in [3.63, 3.8) is 0 Å². The summed E-state index contributed by atoms with van der Waals surface area (Å²) in [6, 6.07) is 13.9. The molecule has 1 aromatic carbocycles. The van der Waals surface area contributed by atoms with Gasteiger partial charge in [0.2, 0.25) is 11.8 Å². The first-order valence-corrected chi connectivity index (χ1v) is 9.38. The third-order valence-electron chi connectivity index (χ3n) is 5.36. The molecule has 0 spiro atoms. The summed E-state index contributed by atoms with van der Waals surface area (Å²) < 4.78 is 5.27. The van der Waals surface area contributed by atoms with E-state index in [0.29, 0.717) is 13.1 Å². The van der Waals surface area contributed by atoms with Gasteiger partial charge in [0.25, 0.3) is 0 Å². The number of likely N-dealkylation sites (tertiary alicyclic amines) is 1. The van der Waals surface area contributed by atoms with Gasteiger partial charge in [-0.15, -0.1) is 0 Å². The Morgan fingerprint density at radius 3 is 2.46 bits per heavy atom. The maximum atomic E-state index is 12.8. The first-order chi connectivity index (χ1) is 12.7. The molecule has 1 aromatic heterocycles. The van der Waals surface area contributed by atoms with Crippen molar-refractivity contribution in [2.45, 2.75) is 38.3 Å². The molecule has 2 heterocycles. The molecule has 1 N–H and O–H groups in total. The Balaban J connectivity index is 1.45. The van der Waals surface area contributed by atoms with E-state index in [2.05, 4.69) is 17.4 Å². The number of carbonyl (C=O) groups excluding carboxylic acids is 2. The van der Waals surface area contributed by atoms with Gasteiger partial charge in [-0.3, -0.25) is 9.59 Å². The summed E-state index contributed by atoms with van der Waals surface area (Å²) in [7, 11) is 0. The molecule has 5 nitrogen and oxygen atoms in total. The molecule has 136 valence electrons. The third kappa shape index (κ3) is 3.66. The number of hydrogen-bond donors (Lipinski definition) is 1. The Bertz CT molecular complexity index is 753. The van der Waals surface area contributed by atoms with Crippen LogP contribution in [0.3, 0.4) is 0 Å². The highest BCUT2D eigenvalue weighted by atomic mass is 16.3. The van der Waals surface area contributed by atoms with E-state index >= 15 is 0 Å². The van der Waals surface area contributed by atoms with E-state index in [1.807, 2.05) is 35.2 Å². The molecule has 2 amide bonds. The lowest BCUT2D eigenvalue weighted by atomic mass is 9.88. The lowest BCUT2D eigenvalue weighted by molar-refractivity contribution is -0.140. The van der Waals surface area contributed by atoms with Crippen molar-refractivity contribution in [3.05, 3.63) is 60.1 Å². The molecule has 0 bridgehead atoms. The number of amides is 2. The molecule has 5 heteroatoms. The summed E-state index contributed by atoms with van der Waals surface area (Å²) in [5.74, 6) is 0.949. The first kappa shape index (κ1) is 16.9. The number of hydrogen-bond acceptors (Lipinski definition) is 3. The summed E-state index contributed by atoms with van der Waals surface area (Å²) in [4.78, 5) is 27.4. The maximum absolute atomic E-state index is 12.8. The highest BCUT2D eigenvalue weighted by Crippen LogP contribution is 2.39. The molecule has 4 rings (SSSR count). The number of benzene rings is 1. The monoisotopic (exact) mass is 352 g/mol. The van der Waals surface area contributed by atoms with Crippen LogP contribution < -0.4 is 5.32 Å². The summed E-state index contributed by atoms with van der Waals surface area (Å²) in [6.45, 7) is 0.889. The fourth-order valence-corrected chi connectivity index (χ4v) is 3.75. The Kier molecular flexibility index (Phi) is 4.78. The van der Waals surface area contributed by atoms with Gasteiger partial charge in [0, 0.05) is 12.5 Å². The summed E-state index contributed by atoms with van der Waals surface area (Å²) in [6.07, 6.45) is 5.17. The minimum atomic E-state index is -0.160. The van der Waals surface area contributed by atoms with E-state index in [-0.39, 0.29) is 29.7 Å². The van der Waals surface area contributed by atoms with Crippen LogP contribution in [0, 0.1) is 11.8 Å². The van der Waals surface area contributed by atoms with Gasteiger partial charge in [0.05, 0.1) is 24.8 Å². The van der Waals surface area contributed by atoms with Gasteiger partial charge < -0.3 is 14.6 Å². The fourth-order valence-electron chi connectivity index (χ4n) is 3.75. The number of nitrogens with zero attached hydrogens (tertiary/aromatic N) is 1. The molecule has 1 aliphatic carbocycles. The molecule has 2 atom stereocenters. The van der Waals surface area contributed by atoms with Crippen LogP contribution in [0.4, 0.5) is 0 Å². The highest BCUT2D eigenvalue weighted by molar-refractivity contribution is 5.84. The molecule has 1 saturated heterocycles. The summed E-state index contributed by atoms with van der Waals surface area (Å²) in [5.41, 5.74) is 1.16. The van der Waals surface area contributed by atoms with Gasteiger partial charge in [0.1, 0.15) is 5.76 Å². The smallest absolute Gasteiger partial charge is 0.226 e. The standard InChI is InChI=1S/C21H24N2O3/c24-20(22-13-18-7-4-12-26-18)17-10-11-19(15-5-2-1-3-6-15)23(14-17)21(25)16-8-9-16/h1-7,12,16-17,19H,8-11,13-14H2,(H,22,24). The SMILES string of the molecule is O=C(NCc1ccco1)C1CCC(c2ccccc2)N(C(=O)C2CC2)C1. The van der Waals surface area contributed by atoms with Crippen LogP contribution in [-0.2, 0) is 16.1 Å². The Hall–Kier alpha value is -2.56. The highest BCUT2D eigenvalue weighted by Gasteiger charge is 2.41. The maximum Gasteiger partial charge on any atom is 0.226 e. The zero-order valence-electron chi connectivity index (χ0n) is 14.8. The molecule has 1 saturated carbocycles. The average Bonchev–Trinajstić information content (AvgIpc) is 3.41. The normalized spacial score (nSPS) is 22.8. The van der Waals surface area contributed by atoms with E-state index in [1.165, 1.54) is 0 Å². The van der Waals surface area contributed by atoms with Gasteiger partial charge in [-0.05, 0) is 43.4 Å². The largest absolute Gasteiger partial charge is 0.467 e. The Labute approximate surface area is 153 Å². The minimum absolute atomic E-state index is 0.00140. The van der Waals surface area contributed by atoms with Crippen molar-refractivity contribution in [2.75, 3.05) is 6.54 Å². The van der Waals surface area contributed by atoms with Crippen molar-refractivity contribution < 1.29 is 14.0 Å². The van der Waals surface area contributed by atoms with Crippen molar-refractivity contribution in [1.29, 1.82) is 0 Å². The lowest BCUT2D eigenvalue weighted by Crippen LogP contribution is -2.47. The van der Waals surface area contributed by atoms with E-state index in [9.17, 15) is 9.59 Å². The summed E-state index contributed by atoms with van der Waals surface area (Å²) in [5, 5.41) is 2.94. The second-order valence-electron chi connectivity index (χ2n) is 7.26. The zero-order valence-corrected chi connectivity index (χ0v) is 14.8. The molecule has 1 aliphatic heterocycles. The van der Waals surface area contributed by atoms with Crippen LogP contribution in [0.15, 0.2) is 53.1 Å². The van der Waals surface area contributed by atoms with Crippen molar-refractivity contribution >= 4 is 11.8 Å². The number of furan rings is 1. The molecular weight excluding hydrogens is 328 g/mol. The van der Waals surface area contributed by atoms with E-state index < -0.39 is 0 Å². The van der Waals surface area contributed by atoms with Crippen molar-refractivity contribution in [2.24, 2.45) is 11.8 Å². The molecule has 2 aliphatic rings. The first-order valence-electron chi connectivity index (χ1n) is 9.38. The number of rotatable bonds is 5. The van der Waals surface area contributed by atoms with Gasteiger partial charge in [0.15, 0.2) is 0 Å². The van der Waals surface area contributed by atoms with Gasteiger partial charge >= 0.3 is 0 Å². The fraction of sp³-hybridized carbons (Fsp3) is 0.429. The molecule has 2 fully saturated rings. The topological polar surface area (TPSA) is 62.6 Å². The Morgan fingerprint density at radius 2 is 1.77 bits per heavy atom. The molecule has 0 radical (unpaired) electrons. The molecule has 26 heavy (non-hydrogen) atoms.